The fraction of sp³-hybridized carbons (Fsp3) is 0. The summed E-state index contributed by atoms with van der Waals surface area (Å²) in [4.78, 5) is 17.8. The predicted octanol–water partition coefficient (Wildman–Crippen LogP) is 2.27. The highest BCUT2D eigenvalue weighted by Gasteiger charge is 2.15. The van der Waals surface area contributed by atoms with Crippen LogP contribution < -0.4 is 5.32 Å². The first kappa shape index (κ1) is 10.9. The molecule has 0 spiro atoms. The van der Waals surface area contributed by atoms with E-state index in [9.17, 15) is 14.5 Å². The van der Waals surface area contributed by atoms with Crippen molar-refractivity contribution in [2.24, 2.45) is 0 Å². The van der Waals surface area contributed by atoms with E-state index in [1.165, 1.54) is 18.5 Å². The number of anilines is 2. The average molecular weight is 234 g/mol. The number of aromatic nitrogens is 2. The molecule has 0 bridgehead atoms. The molecule has 1 aromatic carbocycles. The molecule has 6 nitrogen and oxygen atoms in total. The van der Waals surface area contributed by atoms with Gasteiger partial charge < -0.3 is 5.32 Å². The van der Waals surface area contributed by atoms with Gasteiger partial charge in [0.2, 0.25) is 5.95 Å². The van der Waals surface area contributed by atoms with E-state index in [-0.39, 0.29) is 17.3 Å². The maximum Gasteiger partial charge on any atom is 0.295 e. The van der Waals surface area contributed by atoms with E-state index in [1.54, 1.807) is 6.07 Å². The summed E-state index contributed by atoms with van der Waals surface area (Å²) in [5.41, 5.74) is -0.222. The molecular weight excluding hydrogens is 227 g/mol. The van der Waals surface area contributed by atoms with Crippen molar-refractivity contribution in [1.82, 2.24) is 9.97 Å². The third-order valence-electron chi connectivity index (χ3n) is 1.97. The molecule has 1 aromatic heterocycles. The molecule has 1 heterocycles. The van der Waals surface area contributed by atoms with Gasteiger partial charge in [0, 0.05) is 12.4 Å². The molecular formula is C10H7FN4O2. The Bertz CT molecular complexity index is 547. The second kappa shape index (κ2) is 4.52. The van der Waals surface area contributed by atoms with Crippen LogP contribution in [0.15, 0.2) is 36.7 Å². The van der Waals surface area contributed by atoms with Crippen LogP contribution in [0.1, 0.15) is 0 Å². The zero-order chi connectivity index (χ0) is 12.3. The topological polar surface area (TPSA) is 81.0 Å². The Morgan fingerprint density at radius 2 is 2.00 bits per heavy atom. The van der Waals surface area contributed by atoms with Crippen LogP contribution in [0.25, 0.3) is 0 Å². The quantitative estimate of drug-likeness (QED) is 0.650. The molecule has 0 atom stereocenters. The van der Waals surface area contributed by atoms with Crippen molar-refractivity contribution in [2.75, 3.05) is 5.32 Å². The van der Waals surface area contributed by atoms with E-state index in [0.717, 1.165) is 12.1 Å². The largest absolute Gasteiger partial charge is 0.318 e. The molecule has 0 aliphatic rings. The van der Waals surface area contributed by atoms with Crippen LogP contribution in [0, 0.1) is 15.9 Å². The minimum atomic E-state index is -0.672. The monoisotopic (exact) mass is 234 g/mol. The summed E-state index contributed by atoms with van der Waals surface area (Å²) in [5, 5.41) is 13.4. The highest BCUT2D eigenvalue weighted by molar-refractivity contribution is 5.66. The molecule has 7 heteroatoms. The summed E-state index contributed by atoms with van der Waals surface area (Å²) >= 11 is 0. The number of nitro groups is 1. The van der Waals surface area contributed by atoms with Crippen LogP contribution in [0.5, 0.6) is 0 Å². The minimum absolute atomic E-state index is 0.141. The smallest absolute Gasteiger partial charge is 0.295 e. The summed E-state index contributed by atoms with van der Waals surface area (Å²) in [5.74, 6) is -0.460. The van der Waals surface area contributed by atoms with Crippen molar-refractivity contribution in [1.29, 1.82) is 0 Å². The lowest BCUT2D eigenvalue weighted by Gasteiger charge is -2.04. The molecule has 1 N–H and O–H groups in total. The van der Waals surface area contributed by atoms with Gasteiger partial charge in [0.15, 0.2) is 0 Å². The molecule has 0 unspecified atom stereocenters. The second-order valence-electron chi connectivity index (χ2n) is 3.12. The first-order chi connectivity index (χ1) is 8.16. The third kappa shape index (κ3) is 2.51. The minimum Gasteiger partial charge on any atom is -0.318 e. The Labute approximate surface area is 95.3 Å². The van der Waals surface area contributed by atoms with E-state index in [2.05, 4.69) is 15.3 Å². The number of benzene rings is 1. The zero-order valence-electron chi connectivity index (χ0n) is 8.50. The van der Waals surface area contributed by atoms with Gasteiger partial charge in [0.25, 0.3) is 5.69 Å². The van der Waals surface area contributed by atoms with Gasteiger partial charge in [-0.3, -0.25) is 10.1 Å². The molecule has 0 fully saturated rings. The molecule has 0 radical (unpaired) electrons. The van der Waals surface area contributed by atoms with Gasteiger partial charge in [0.1, 0.15) is 11.5 Å². The van der Waals surface area contributed by atoms with Crippen LogP contribution >= 0.6 is 0 Å². The Morgan fingerprint density at radius 1 is 1.29 bits per heavy atom. The predicted molar refractivity (Wildman–Crippen MR) is 58.4 cm³/mol. The van der Waals surface area contributed by atoms with Crippen molar-refractivity contribution >= 4 is 17.3 Å². The normalized spacial score (nSPS) is 9.94. The number of hydrogen-bond acceptors (Lipinski definition) is 5. The number of nitrogens with one attached hydrogen (secondary N) is 1. The summed E-state index contributed by atoms with van der Waals surface area (Å²) in [6, 6.07) is 4.84. The first-order valence-electron chi connectivity index (χ1n) is 4.65. The van der Waals surface area contributed by atoms with Crippen LogP contribution in [0.4, 0.5) is 21.7 Å². The Kier molecular flexibility index (Phi) is 2.91. The highest BCUT2D eigenvalue weighted by atomic mass is 19.1. The van der Waals surface area contributed by atoms with Crippen molar-refractivity contribution in [3.63, 3.8) is 0 Å². The molecule has 2 rings (SSSR count). The standard InChI is InChI=1S/C10H7FN4O2/c11-7-2-3-8(9(6-7)15(16)17)14-10-12-4-1-5-13-10/h1-6H,(H,12,13,14). The maximum atomic E-state index is 12.9. The van der Waals surface area contributed by atoms with E-state index in [0.29, 0.717) is 0 Å². The van der Waals surface area contributed by atoms with E-state index >= 15 is 0 Å². The van der Waals surface area contributed by atoms with Gasteiger partial charge in [-0.1, -0.05) is 0 Å². The van der Waals surface area contributed by atoms with Gasteiger partial charge >= 0.3 is 0 Å². The van der Waals surface area contributed by atoms with Gasteiger partial charge in [-0.15, -0.1) is 0 Å². The fourth-order valence-electron chi connectivity index (χ4n) is 1.25. The molecule has 2 aromatic rings. The summed E-state index contributed by atoms with van der Waals surface area (Å²) in [7, 11) is 0. The van der Waals surface area contributed by atoms with Crippen LogP contribution in [0.3, 0.4) is 0 Å². The van der Waals surface area contributed by atoms with Crippen LogP contribution in [-0.2, 0) is 0 Å². The average Bonchev–Trinajstić information content (AvgIpc) is 2.32. The van der Waals surface area contributed by atoms with Crippen molar-refractivity contribution in [2.45, 2.75) is 0 Å². The van der Waals surface area contributed by atoms with Crippen molar-refractivity contribution < 1.29 is 9.31 Å². The van der Waals surface area contributed by atoms with E-state index in [4.69, 9.17) is 0 Å². The molecule has 0 aliphatic carbocycles. The van der Waals surface area contributed by atoms with Gasteiger partial charge in [-0.25, -0.2) is 14.4 Å². The lowest BCUT2D eigenvalue weighted by Crippen LogP contribution is -2.00. The summed E-state index contributed by atoms with van der Waals surface area (Å²) in [6.07, 6.45) is 2.98. The molecule has 0 amide bonds. The fourth-order valence-corrected chi connectivity index (χ4v) is 1.25. The molecule has 0 saturated carbocycles. The Balaban J connectivity index is 2.36. The van der Waals surface area contributed by atoms with Gasteiger partial charge in [-0.2, -0.15) is 0 Å². The number of halogens is 1. The lowest BCUT2D eigenvalue weighted by atomic mass is 10.2. The number of nitro benzene ring substituents is 1. The molecule has 86 valence electrons. The molecule has 17 heavy (non-hydrogen) atoms. The molecule has 0 saturated heterocycles. The number of hydrogen-bond donors (Lipinski definition) is 1. The lowest BCUT2D eigenvalue weighted by molar-refractivity contribution is -0.384. The van der Waals surface area contributed by atoms with Crippen molar-refractivity contribution in [3.8, 4) is 0 Å². The van der Waals surface area contributed by atoms with Crippen LogP contribution in [0.2, 0.25) is 0 Å². The van der Waals surface area contributed by atoms with Gasteiger partial charge in [0.05, 0.1) is 11.0 Å². The third-order valence-corrected chi connectivity index (χ3v) is 1.97. The van der Waals surface area contributed by atoms with Crippen molar-refractivity contribution in [3.05, 3.63) is 52.6 Å². The zero-order valence-corrected chi connectivity index (χ0v) is 8.50. The Hall–Kier alpha value is -2.57. The second-order valence-corrected chi connectivity index (χ2v) is 3.12. The summed E-state index contributed by atoms with van der Waals surface area (Å²) < 4.78 is 12.9. The maximum absolute atomic E-state index is 12.9. The van der Waals surface area contributed by atoms with Crippen LogP contribution in [-0.4, -0.2) is 14.9 Å². The van der Waals surface area contributed by atoms with E-state index < -0.39 is 10.7 Å². The summed E-state index contributed by atoms with van der Waals surface area (Å²) in [6.45, 7) is 0. The number of nitrogens with zero attached hydrogens (tertiary/aromatic N) is 3. The Morgan fingerprint density at radius 3 is 2.65 bits per heavy atom. The highest BCUT2D eigenvalue weighted by Crippen LogP contribution is 2.26. The van der Waals surface area contributed by atoms with Gasteiger partial charge in [-0.05, 0) is 18.2 Å². The van der Waals surface area contributed by atoms with E-state index in [1.807, 2.05) is 0 Å². The molecule has 0 aliphatic heterocycles. The SMILES string of the molecule is O=[N+]([O-])c1cc(F)ccc1Nc1ncccn1. The first-order valence-corrected chi connectivity index (χ1v) is 4.65. The number of rotatable bonds is 3.